The van der Waals surface area contributed by atoms with Gasteiger partial charge in [0.15, 0.2) is 5.69 Å². The lowest BCUT2D eigenvalue weighted by molar-refractivity contribution is 0.0940. The highest BCUT2D eigenvalue weighted by Gasteiger charge is 2.19. The Balaban J connectivity index is 1.35. The van der Waals surface area contributed by atoms with Gasteiger partial charge >= 0.3 is 0 Å². The van der Waals surface area contributed by atoms with Crippen molar-refractivity contribution in [1.82, 2.24) is 19.9 Å². The number of nitrogens with zero attached hydrogens (tertiary/aromatic N) is 4. The summed E-state index contributed by atoms with van der Waals surface area (Å²) in [4.78, 5) is 17.1. The lowest BCUT2D eigenvalue weighted by Gasteiger charge is -2.19. The second-order valence-corrected chi connectivity index (χ2v) is 8.12. The first-order chi connectivity index (χ1) is 17.6. The highest BCUT2D eigenvalue weighted by molar-refractivity contribution is 5.96. The first-order valence-electron chi connectivity index (χ1n) is 11.3. The number of para-hydroxylation sites is 1. The number of fused-ring (bicyclic) bond motifs is 1. The molecule has 0 fully saturated rings. The summed E-state index contributed by atoms with van der Waals surface area (Å²) in [5.41, 5.74) is 3.59. The van der Waals surface area contributed by atoms with Gasteiger partial charge in [0.1, 0.15) is 17.6 Å². The number of nitriles is 1. The van der Waals surface area contributed by atoms with Gasteiger partial charge in [-0.05, 0) is 67.6 Å². The molecule has 5 rings (SSSR count). The van der Waals surface area contributed by atoms with Crippen molar-refractivity contribution >= 4 is 22.8 Å². The summed E-state index contributed by atoms with van der Waals surface area (Å²) in [6.07, 6.45) is 4.91. The van der Waals surface area contributed by atoms with E-state index in [0.717, 1.165) is 22.5 Å². The molecule has 3 aromatic heterocycles. The van der Waals surface area contributed by atoms with Crippen molar-refractivity contribution in [3.8, 4) is 17.6 Å². The Kier molecular flexibility index (Phi) is 6.28. The fourth-order valence-corrected chi connectivity index (χ4v) is 3.86. The Morgan fingerprint density at radius 3 is 2.53 bits per heavy atom. The van der Waals surface area contributed by atoms with Gasteiger partial charge in [-0.2, -0.15) is 10.4 Å². The molecule has 2 N–H and O–H groups in total. The first-order valence-corrected chi connectivity index (χ1v) is 11.3. The fraction of sp³-hybridized carbons (Fsp3) is 0.0714. The van der Waals surface area contributed by atoms with E-state index in [1.54, 1.807) is 35.2 Å². The third-order valence-electron chi connectivity index (χ3n) is 5.64. The summed E-state index contributed by atoms with van der Waals surface area (Å²) in [5, 5.41) is 20.2. The van der Waals surface area contributed by atoms with Crippen LogP contribution in [-0.4, -0.2) is 20.5 Å². The van der Waals surface area contributed by atoms with Crippen molar-refractivity contribution in [2.75, 3.05) is 5.32 Å². The smallest absolute Gasteiger partial charge is 0.253 e. The number of carbonyl (C=O) groups excluding carboxylic acids is 1. The largest absolute Gasteiger partial charge is 0.457 e. The highest BCUT2D eigenvalue weighted by Crippen LogP contribution is 2.30. The van der Waals surface area contributed by atoms with Gasteiger partial charge in [0.2, 0.25) is 0 Å². The minimum Gasteiger partial charge on any atom is -0.457 e. The Bertz CT molecular complexity index is 1520. The van der Waals surface area contributed by atoms with E-state index in [1.807, 2.05) is 73.7 Å². The number of nitrogens with one attached hydrogen (secondary N) is 2. The average Bonchev–Trinajstić information content (AvgIpc) is 3.35. The molecule has 0 spiro atoms. The summed E-state index contributed by atoms with van der Waals surface area (Å²) in [6, 6.07) is 25.9. The Hall–Kier alpha value is -5.16. The second-order valence-electron chi connectivity index (χ2n) is 8.12. The van der Waals surface area contributed by atoms with Crippen molar-refractivity contribution in [1.29, 1.82) is 5.26 Å². The molecule has 1 atom stereocenters. The number of hydrogen-bond donors (Lipinski definition) is 2. The molecule has 0 radical (unpaired) electrons. The zero-order valence-electron chi connectivity index (χ0n) is 19.4. The van der Waals surface area contributed by atoms with Gasteiger partial charge in [0.05, 0.1) is 22.8 Å². The van der Waals surface area contributed by atoms with Gasteiger partial charge in [-0.3, -0.25) is 4.79 Å². The quantitative estimate of drug-likeness (QED) is 0.317. The van der Waals surface area contributed by atoms with Crippen LogP contribution in [0.4, 0.5) is 11.4 Å². The van der Waals surface area contributed by atoms with Crippen LogP contribution >= 0.6 is 0 Å². The number of hydrogen-bond acceptors (Lipinski definition) is 6. The monoisotopic (exact) mass is 474 g/mol. The van der Waals surface area contributed by atoms with E-state index < -0.39 is 6.04 Å². The van der Waals surface area contributed by atoms with Crippen LogP contribution in [0.2, 0.25) is 0 Å². The maximum atomic E-state index is 12.9. The number of benzene rings is 2. The standard InChI is InChI=1S/C28H22N6O2/c1-19(32-28(35)20-16-22-6-5-14-31-34(22)18-20)25-13-15-30-26(17-29)27(25)33-21-9-11-24(12-10-21)36-23-7-3-2-4-8-23/h2-16,18-19,33H,1H3,(H,32,35). The molecule has 3 heterocycles. The molecule has 1 amide bonds. The second kappa shape index (κ2) is 9.99. The van der Waals surface area contributed by atoms with Crippen molar-refractivity contribution in [2.45, 2.75) is 13.0 Å². The maximum Gasteiger partial charge on any atom is 0.253 e. The number of pyridine rings is 1. The molecule has 0 aliphatic rings. The predicted molar refractivity (Wildman–Crippen MR) is 136 cm³/mol. The molecule has 0 saturated heterocycles. The molecule has 0 bridgehead atoms. The molecule has 0 aliphatic heterocycles. The van der Waals surface area contributed by atoms with Crippen LogP contribution in [0.25, 0.3) is 5.52 Å². The summed E-state index contributed by atoms with van der Waals surface area (Å²) in [6.45, 7) is 1.87. The number of amides is 1. The van der Waals surface area contributed by atoms with Crippen LogP contribution in [0, 0.1) is 11.3 Å². The van der Waals surface area contributed by atoms with Gasteiger partial charge in [-0.25, -0.2) is 9.50 Å². The zero-order valence-corrected chi connectivity index (χ0v) is 19.4. The van der Waals surface area contributed by atoms with Gasteiger partial charge in [-0.15, -0.1) is 0 Å². The third kappa shape index (κ3) is 4.86. The average molecular weight is 475 g/mol. The number of aromatic nitrogens is 3. The molecule has 0 saturated carbocycles. The SMILES string of the molecule is CC(NC(=O)c1cc2cccnn2c1)c1ccnc(C#N)c1Nc1ccc(Oc2ccccc2)cc1. The molecule has 36 heavy (non-hydrogen) atoms. The number of carbonyl (C=O) groups is 1. The van der Waals surface area contributed by atoms with Crippen LogP contribution in [0.15, 0.2) is 97.5 Å². The van der Waals surface area contributed by atoms with Crippen molar-refractivity contribution in [2.24, 2.45) is 0 Å². The van der Waals surface area contributed by atoms with Crippen LogP contribution in [0.5, 0.6) is 11.5 Å². The van der Waals surface area contributed by atoms with Crippen molar-refractivity contribution in [3.63, 3.8) is 0 Å². The molecular weight excluding hydrogens is 452 g/mol. The van der Waals surface area contributed by atoms with E-state index in [4.69, 9.17) is 4.74 Å². The first kappa shape index (κ1) is 22.6. The molecule has 8 heteroatoms. The van der Waals surface area contributed by atoms with E-state index in [9.17, 15) is 10.1 Å². The predicted octanol–water partition coefficient (Wildman–Crippen LogP) is 5.63. The summed E-state index contributed by atoms with van der Waals surface area (Å²) in [5.74, 6) is 1.20. The highest BCUT2D eigenvalue weighted by atomic mass is 16.5. The minimum absolute atomic E-state index is 0.233. The van der Waals surface area contributed by atoms with E-state index in [2.05, 4.69) is 26.8 Å². The van der Waals surface area contributed by atoms with Crippen molar-refractivity contribution < 1.29 is 9.53 Å². The number of ether oxygens (including phenoxy) is 1. The maximum absolute atomic E-state index is 12.9. The van der Waals surface area contributed by atoms with E-state index in [1.165, 1.54) is 0 Å². The molecule has 0 aliphatic carbocycles. The van der Waals surface area contributed by atoms with Gasteiger partial charge in [0, 0.05) is 29.8 Å². The Morgan fingerprint density at radius 2 is 1.78 bits per heavy atom. The number of anilines is 2. The molecule has 8 nitrogen and oxygen atoms in total. The Labute approximate surface area is 207 Å². The third-order valence-corrected chi connectivity index (χ3v) is 5.64. The van der Waals surface area contributed by atoms with Crippen LogP contribution in [0.3, 0.4) is 0 Å². The molecule has 5 aromatic rings. The molecule has 1 unspecified atom stereocenters. The van der Waals surface area contributed by atoms with E-state index >= 15 is 0 Å². The zero-order chi connectivity index (χ0) is 24.9. The summed E-state index contributed by atoms with van der Waals surface area (Å²) < 4.78 is 7.50. The van der Waals surface area contributed by atoms with Crippen LogP contribution in [-0.2, 0) is 0 Å². The van der Waals surface area contributed by atoms with E-state index in [-0.39, 0.29) is 11.6 Å². The van der Waals surface area contributed by atoms with Crippen LogP contribution in [0.1, 0.15) is 34.6 Å². The number of rotatable bonds is 7. The van der Waals surface area contributed by atoms with Gasteiger partial charge < -0.3 is 15.4 Å². The molecular formula is C28H22N6O2. The van der Waals surface area contributed by atoms with E-state index in [0.29, 0.717) is 17.0 Å². The molecule has 176 valence electrons. The van der Waals surface area contributed by atoms with Crippen LogP contribution < -0.4 is 15.4 Å². The minimum atomic E-state index is -0.397. The van der Waals surface area contributed by atoms with Crippen molar-refractivity contribution in [3.05, 3.63) is 114 Å². The normalized spacial score (nSPS) is 11.4. The summed E-state index contributed by atoms with van der Waals surface area (Å²) in [7, 11) is 0. The fourth-order valence-electron chi connectivity index (χ4n) is 3.86. The lowest BCUT2D eigenvalue weighted by Crippen LogP contribution is -2.27. The lowest BCUT2D eigenvalue weighted by atomic mass is 10.0. The summed E-state index contributed by atoms with van der Waals surface area (Å²) >= 11 is 0. The van der Waals surface area contributed by atoms with Gasteiger partial charge in [-0.1, -0.05) is 18.2 Å². The topological polar surface area (TPSA) is 104 Å². The molecule has 2 aromatic carbocycles. The Morgan fingerprint density at radius 1 is 1.00 bits per heavy atom. The van der Waals surface area contributed by atoms with Gasteiger partial charge in [0.25, 0.3) is 5.91 Å².